The molecule has 2 rings (SSSR count). The molecule has 13 nitrogen and oxygen atoms in total. The highest BCUT2D eigenvalue weighted by atomic mass is 19.1. The van der Waals surface area contributed by atoms with Gasteiger partial charge in [0.2, 0.25) is 0 Å². The first-order valence-electron chi connectivity index (χ1n) is 12.9. The van der Waals surface area contributed by atoms with Crippen LogP contribution in [0.1, 0.15) is 50.5 Å². The second kappa shape index (κ2) is 15.9. The van der Waals surface area contributed by atoms with E-state index in [0.29, 0.717) is 33.9 Å². The monoisotopic (exact) mass is 575 g/mol. The molecule has 1 aliphatic heterocycles. The fourth-order valence-electron chi connectivity index (χ4n) is 4.10. The second-order valence-electron chi connectivity index (χ2n) is 9.21. The summed E-state index contributed by atoms with van der Waals surface area (Å²) in [5, 5.41) is 30.9. The lowest BCUT2D eigenvalue weighted by Gasteiger charge is -2.37. The van der Waals surface area contributed by atoms with Crippen LogP contribution in [0.5, 0.6) is 0 Å². The Hall–Kier alpha value is -4.59. The van der Waals surface area contributed by atoms with Gasteiger partial charge in [0.25, 0.3) is 11.8 Å². The number of allylic oxidation sites excluding steroid dienone is 2. The van der Waals surface area contributed by atoms with Crippen LogP contribution in [0, 0.1) is 0 Å². The number of unbranched alkanes of at least 4 members (excludes halogenated alkanes) is 1. The van der Waals surface area contributed by atoms with Gasteiger partial charge in [-0.3, -0.25) is 28.7 Å². The number of hydrogen-bond acceptors (Lipinski definition) is 9. The highest BCUT2D eigenvalue weighted by Crippen LogP contribution is 2.27. The van der Waals surface area contributed by atoms with E-state index in [-0.39, 0.29) is 32.4 Å². The largest absolute Gasteiger partial charge is 0.511 e. The molecule has 1 atom stereocenters. The van der Waals surface area contributed by atoms with Gasteiger partial charge in [-0.25, -0.2) is 20.3 Å². The minimum atomic E-state index is -1.89. The first kappa shape index (κ1) is 32.6. The van der Waals surface area contributed by atoms with Crippen LogP contribution >= 0.6 is 0 Å². The van der Waals surface area contributed by atoms with Crippen molar-refractivity contribution >= 4 is 36.5 Å². The number of aliphatic hydroxyl groups is 1. The molecule has 0 aromatic heterocycles. The molecule has 0 spiro atoms. The number of hydrogen-bond donors (Lipinski definition) is 4. The molecule has 1 aliphatic rings. The first-order valence-corrected chi connectivity index (χ1v) is 12.9. The van der Waals surface area contributed by atoms with Crippen molar-refractivity contribution in [2.45, 2.75) is 57.5 Å². The number of rotatable bonds is 17. The maximum absolute atomic E-state index is 13.3. The molecule has 0 saturated carbocycles. The van der Waals surface area contributed by atoms with Crippen LogP contribution in [0.25, 0.3) is 0 Å². The number of halogens is 1. The van der Waals surface area contributed by atoms with E-state index in [9.17, 15) is 38.6 Å². The van der Waals surface area contributed by atoms with Crippen molar-refractivity contribution in [1.82, 2.24) is 14.8 Å². The summed E-state index contributed by atoms with van der Waals surface area (Å²) in [5.74, 6) is -0.143. The number of hydrazine groups is 1. The Bertz CT molecular complexity index is 1200. The Morgan fingerprint density at radius 2 is 1.71 bits per heavy atom. The predicted molar refractivity (Wildman–Crippen MR) is 145 cm³/mol. The van der Waals surface area contributed by atoms with Crippen LogP contribution in [-0.4, -0.2) is 85.9 Å². The number of benzene rings is 1. The normalized spacial score (nSPS) is 16.0. The number of nitrogens with two attached hydrogens (primary N) is 1. The Balaban J connectivity index is 2.29. The third-order valence-electron chi connectivity index (χ3n) is 6.19. The number of urea groups is 1. The molecule has 0 bridgehead atoms. The molecule has 1 aromatic carbocycles. The van der Waals surface area contributed by atoms with Crippen molar-refractivity contribution in [2.24, 2.45) is 10.8 Å². The topological polar surface area (TPSA) is 194 Å². The molecule has 41 heavy (non-hydrogen) atoms. The Kier molecular flexibility index (Phi) is 12.6. The molecule has 4 amide bonds. The molecule has 1 fully saturated rings. The van der Waals surface area contributed by atoms with Crippen LogP contribution in [0.2, 0.25) is 0 Å². The van der Waals surface area contributed by atoms with Gasteiger partial charge in [0.1, 0.15) is 17.4 Å². The van der Waals surface area contributed by atoms with Crippen molar-refractivity contribution < 1.29 is 43.7 Å². The average molecular weight is 576 g/mol. The number of alkyl halides is 1. The van der Waals surface area contributed by atoms with Crippen LogP contribution in [0.15, 0.2) is 58.6 Å². The van der Waals surface area contributed by atoms with Crippen molar-refractivity contribution in [3.05, 3.63) is 59.1 Å². The van der Waals surface area contributed by atoms with Gasteiger partial charge < -0.3 is 20.3 Å². The number of aliphatic hydroxyl groups excluding tert-OH is 1. The summed E-state index contributed by atoms with van der Waals surface area (Å²) in [6.07, 6.45) is 1.31. The Morgan fingerprint density at radius 1 is 1.02 bits per heavy atom. The molecule has 1 heterocycles. The molecule has 14 heteroatoms. The van der Waals surface area contributed by atoms with E-state index < -0.39 is 66.7 Å². The zero-order valence-corrected chi connectivity index (χ0v) is 22.4. The van der Waals surface area contributed by atoms with Gasteiger partial charge in [0.15, 0.2) is 0 Å². The number of amides is 4. The molecule has 222 valence electrons. The Labute approximate surface area is 236 Å². The van der Waals surface area contributed by atoms with Gasteiger partial charge in [-0.1, -0.05) is 30.3 Å². The number of carboxylic acid groups (broad SMARTS) is 2. The third-order valence-corrected chi connectivity index (χ3v) is 6.19. The van der Waals surface area contributed by atoms with Gasteiger partial charge in [-0.2, -0.15) is 0 Å². The number of carboxylic acids is 2. The molecular weight excluding hydrogens is 541 g/mol. The highest BCUT2D eigenvalue weighted by Gasteiger charge is 2.48. The summed E-state index contributed by atoms with van der Waals surface area (Å²) in [5.41, 5.74) is 0.222. The second-order valence-corrected chi connectivity index (χ2v) is 9.21. The molecular formula is C27H34FN5O8. The minimum Gasteiger partial charge on any atom is -0.511 e. The van der Waals surface area contributed by atoms with Gasteiger partial charge in [0, 0.05) is 25.6 Å². The van der Waals surface area contributed by atoms with Crippen LogP contribution in [-0.2, 0) is 25.7 Å². The maximum Gasteiger partial charge on any atom is 0.335 e. The lowest BCUT2D eigenvalue weighted by Crippen LogP contribution is -2.61. The predicted octanol–water partition coefficient (Wildman–Crippen LogP) is 2.75. The summed E-state index contributed by atoms with van der Waals surface area (Å²) >= 11 is 0. The summed E-state index contributed by atoms with van der Waals surface area (Å²) in [4.78, 5) is 67.7. The van der Waals surface area contributed by atoms with E-state index in [1.165, 1.54) is 11.2 Å². The summed E-state index contributed by atoms with van der Waals surface area (Å²) < 4.78 is 12.4. The van der Waals surface area contributed by atoms with Gasteiger partial charge in [-0.05, 0) is 44.4 Å². The quantitative estimate of drug-likeness (QED) is 0.0408. The summed E-state index contributed by atoms with van der Waals surface area (Å²) in [7, 11) is 0. The number of barbiturate groups is 1. The molecule has 0 radical (unpaired) electrons. The zero-order chi connectivity index (χ0) is 30.5. The van der Waals surface area contributed by atoms with Crippen LogP contribution in [0.3, 0.4) is 0 Å². The molecule has 0 aliphatic carbocycles. The Morgan fingerprint density at radius 3 is 2.29 bits per heavy atom. The fraction of sp³-hybridized carbons (Fsp3) is 0.407. The van der Waals surface area contributed by atoms with Crippen LogP contribution < -0.4 is 5.84 Å². The number of imide groups is 2. The van der Waals surface area contributed by atoms with Gasteiger partial charge >= 0.3 is 18.0 Å². The number of carbonyl (C=O) groups excluding carboxylic acids is 3. The number of aliphatic imine (C=N–C) groups is 1. The number of nitrogens with zero attached hydrogens (tertiary/aromatic N) is 4. The lowest BCUT2D eigenvalue weighted by atomic mass is 10.0. The van der Waals surface area contributed by atoms with Crippen molar-refractivity contribution in [3.63, 3.8) is 0 Å². The van der Waals surface area contributed by atoms with E-state index >= 15 is 0 Å². The average Bonchev–Trinajstić information content (AvgIpc) is 2.93. The summed E-state index contributed by atoms with van der Waals surface area (Å²) in [6, 6.07) is 5.13. The summed E-state index contributed by atoms with van der Waals surface area (Å²) in [6.45, 7) is 2.86. The zero-order valence-electron chi connectivity index (χ0n) is 22.4. The standard InChI is InChI=1S/C27H34FN5O8/c1-30-19(10-7-14-28)17-31(29)15-6-5-11-21(34)23-24(37)32(16-18-8-3-2-4-9-18)27(41)33(25(23)38)20(26(39)40)12-13-22(35)36/h2-4,8-9,17,20,34H,1,5-7,10-16,29H2,(H,35,36)(H,39,40)/b19-17-,23-21-/t20-/m0/s1. The number of carbonyl (C=O) groups is 5. The van der Waals surface area contributed by atoms with E-state index in [1.54, 1.807) is 30.3 Å². The van der Waals surface area contributed by atoms with E-state index in [0.717, 1.165) is 0 Å². The molecule has 1 aromatic rings. The van der Waals surface area contributed by atoms with Gasteiger partial charge in [0.05, 0.1) is 18.9 Å². The van der Waals surface area contributed by atoms with Crippen molar-refractivity contribution in [3.8, 4) is 0 Å². The number of aliphatic carboxylic acids is 2. The van der Waals surface area contributed by atoms with E-state index in [4.69, 9.17) is 10.9 Å². The smallest absolute Gasteiger partial charge is 0.335 e. The lowest BCUT2D eigenvalue weighted by molar-refractivity contribution is -0.151. The molecule has 1 saturated heterocycles. The first-order chi connectivity index (χ1) is 19.5. The molecule has 0 unspecified atom stereocenters. The third kappa shape index (κ3) is 9.24. The molecule has 5 N–H and O–H groups in total. The van der Waals surface area contributed by atoms with Crippen molar-refractivity contribution in [2.75, 3.05) is 13.2 Å². The van der Waals surface area contributed by atoms with Gasteiger partial charge in [-0.15, -0.1) is 0 Å². The maximum atomic E-state index is 13.3. The van der Waals surface area contributed by atoms with Crippen LogP contribution in [0.4, 0.5) is 9.18 Å². The highest BCUT2D eigenvalue weighted by molar-refractivity contribution is 6.29. The van der Waals surface area contributed by atoms with E-state index in [1.807, 2.05) is 0 Å². The SMILES string of the molecule is C=N/C(=C\N(N)CCCC/C(O)=C1\C(=O)N(Cc2ccccc2)C(=O)N([C@@H](CCC(=O)O)C(=O)O)C1=O)CCCF. The minimum absolute atomic E-state index is 0.174. The van der Waals surface area contributed by atoms with E-state index in [2.05, 4.69) is 11.7 Å². The van der Waals surface area contributed by atoms with Crippen molar-refractivity contribution in [1.29, 1.82) is 0 Å². The fourth-order valence-corrected chi connectivity index (χ4v) is 4.10.